The van der Waals surface area contributed by atoms with Crippen LogP contribution in [0, 0.1) is 0 Å². The highest BCUT2D eigenvalue weighted by Gasteiger charge is 2.22. The van der Waals surface area contributed by atoms with Crippen LogP contribution >= 0.6 is 0 Å². The average molecular weight is 289 g/mol. The van der Waals surface area contributed by atoms with E-state index in [0.717, 1.165) is 13.0 Å². The standard InChI is InChI=1S/C14H13N2.BrH/c1-2-9-16-10-6-13(14(16)3-1)11-12-4-7-15-8-5-12;/h1-5,7-9,11H,6,10H2;1H/q+1;/p-1/b13-11+;. The summed E-state index contributed by atoms with van der Waals surface area (Å²) in [4.78, 5) is 4.03. The molecule has 0 aromatic carbocycles. The van der Waals surface area contributed by atoms with E-state index in [1.807, 2.05) is 24.5 Å². The van der Waals surface area contributed by atoms with Crippen LogP contribution < -0.4 is 21.5 Å². The first kappa shape index (κ1) is 12.0. The van der Waals surface area contributed by atoms with Crippen molar-refractivity contribution in [3.05, 3.63) is 60.2 Å². The Labute approximate surface area is 111 Å². The molecule has 0 spiro atoms. The summed E-state index contributed by atoms with van der Waals surface area (Å²) in [5.41, 5.74) is 3.97. The molecule has 0 radical (unpaired) electrons. The largest absolute Gasteiger partial charge is 1.00 e. The minimum absolute atomic E-state index is 0. The first-order chi connectivity index (χ1) is 7.93. The van der Waals surface area contributed by atoms with Gasteiger partial charge in [0.25, 0.3) is 0 Å². The number of aryl methyl sites for hydroxylation is 1. The van der Waals surface area contributed by atoms with Crippen molar-refractivity contribution in [3.8, 4) is 0 Å². The lowest BCUT2D eigenvalue weighted by molar-refractivity contribution is -0.689. The smallest absolute Gasteiger partial charge is 0.208 e. The SMILES string of the molecule is C(=C1/CC[n+]2ccccc21)/c1ccncc1.[Br-]. The molecule has 86 valence electrons. The third kappa shape index (κ3) is 2.44. The molecule has 0 unspecified atom stereocenters. The van der Waals surface area contributed by atoms with Crippen LogP contribution in [0.2, 0.25) is 0 Å². The van der Waals surface area contributed by atoms with Gasteiger partial charge in [-0.2, -0.15) is 4.57 Å². The molecule has 0 atom stereocenters. The van der Waals surface area contributed by atoms with Gasteiger partial charge in [-0.3, -0.25) is 4.98 Å². The number of nitrogens with zero attached hydrogens (tertiary/aromatic N) is 2. The van der Waals surface area contributed by atoms with Crippen LogP contribution in [0.1, 0.15) is 17.7 Å². The number of pyridine rings is 2. The molecule has 1 aliphatic heterocycles. The number of allylic oxidation sites excluding steroid dienone is 1. The highest BCUT2D eigenvalue weighted by Crippen LogP contribution is 2.22. The number of aromatic nitrogens is 2. The van der Waals surface area contributed by atoms with Crippen molar-refractivity contribution in [3.63, 3.8) is 0 Å². The lowest BCUT2D eigenvalue weighted by Crippen LogP contribution is -3.00. The number of hydrogen-bond acceptors (Lipinski definition) is 1. The van der Waals surface area contributed by atoms with Crippen molar-refractivity contribution >= 4 is 11.6 Å². The second-order valence-corrected chi connectivity index (χ2v) is 3.98. The molecule has 0 fully saturated rings. The summed E-state index contributed by atoms with van der Waals surface area (Å²) in [6.07, 6.45) is 9.18. The van der Waals surface area contributed by atoms with Crippen molar-refractivity contribution in [2.45, 2.75) is 13.0 Å². The summed E-state index contributed by atoms with van der Waals surface area (Å²) >= 11 is 0. The Morgan fingerprint density at radius 2 is 1.94 bits per heavy atom. The van der Waals surface area contributed by atoms with Gasteiger partial charge < -0.3 is 17.0 Å². The van der Waals surface area contributed by atoms with Crippen LogP contribution in [0.15, 0.2) is 48.9 Å². The Kier molecular flexibility index (Phi) is 3.69. The van der Waals surface area contributed by atoms with E-state index in [2.05, 4.69) is 40.0 Å². The number of hydrogen-bond donors (Lipinski definition) is 0. The molecule has 1 aliphatic rings. The molecule has 2 aromatic rings. The van der Waals surface area contributed by atoms with E-state index < -0.39 is 0 Å². The Morgan fingerprint density at radius 1 is 1.12 bits per heavy atom. The lowest BCUT2D eigenvalue weighted by atomic mass is 10.1. The van der Waals surface area contributed by atoms with Crippen LogP contribution in [-0.4, -0.2) is 4.98 Å². The van der Waals surface area contributed by atoms with Crippen LogP contribution in [0.4, 0.5) is 0 Å². The maximum atomic E-state index is 4.03. The predicted octanol–water partition coefficient (Wildman–Crippen LogP) is -0.683. The molecule has 0 saturated carbocycles. The number of rotatable bonds is 1. The van der Waals surface area contributed by atoms with Crippen LogP contribution in [-0.2, 0) is 6.54 Å². The normalized spacial score (nSPS) is 15.4. The second-order valence-electron chi connectivity index (χ2n) is 3.98. The molecular weight excluding hydrogens is 276 g/mol. The van der Waals surface area contributed by atoms with Crippen molar-refractivity contribution in [2.75, 3.05) is 0 Å². The van der Waals surface area contributed by atoms with Crippen molar-refractivity contribution < 1.29 is 21.5 Å². The highest BCUT2D eigenvalue weighted by molar-refractivity contribution is 5.79. The van der Waals surface area contributed by atoms with Gasteiger partial charge in [-0.15, -0.1) is 0 Å². The van der Waals surface area contributed by atoms with E-state index in [9.17, 15) is 0 Å². The molecule has 3 heterocycles. The summed E-state index contributed by atoms with van der Waals surface area (Å²) in [7, 11) is 0. The van der Waals surface area contributed by atoms with Gasteiger partial charge in [0.1, 0.15) is 0 Å². The molecule has 0 N–H and O–H groups in total. The van der Waals surface area contributed by atoms with Gasteiger partial charge in [-0.25, -0.2) is 0 Å². The first-order valence-electron chi connectivity index (χ1n) is 5.53. The summed E-state index contributed by atoms with van der Waals surface area (Å²) in [5.74, 6) is 0. The summed E-state index contributed by atoms with van der Waals surface area (Å²) in [6, 6.07) is 10.4. The van der Waals surface area contributed by atoms with Crippen LogP contribution in [0.3, 0.4) is 0 Å². The minimum Gasteiger partial charge on any atom is -1.00 e. The maximum absolute atomic E-state index is 4.03. The predicted molar refractivity (Wildman–Crippen MR) is 63.4 cm³/mol. The maximum Gasteiger partial charge on any atom is 0.208 e. The molecule has 0 saturated heterocycles. The first-order valence-corrected chi connectivity index (χ1v) is 5.53. The Morgan fingerprint density at radius 3 is 2.76 bits per heavy atom. The minimum atomic E-state index is 0. The fraction of sp³-hybridized carbons (Fsp3) is 0.143. The molecule has 2 aromatic heterocycles. The third-order valence-electron chi connectivity index (χ3n) is 2.94. The summed E-state index contributed by atoms with van der Waals surface area (Å²) < 4.78 is 2.30. The van der Waals surface area contributed by atoms with E-state index in [0.29, 0.717) is 0 Å². The molecule has 0 bridgehead atoms. The molecule has 17 heavy (non-hydrogen) atoms. The van der Waals surface area contributed by atoms with Gasteiger partial charge in [0.2, 0.25) is 5.69 Å². The Balaban J connectivity index is 0.00000108. The molecule has 3 heteroatoms. The van der Waals surface area contributed by atoms with Gasteiger partial charge in [0, 0.05) is 36.5 Å². The molecule has 0 aliphatic carbocycles. The van der Waals surface area contributed by atoms with E-state index in [4.69, 9.17) is 0 Å². The van der Waals surface area contributed by atoms with Gasteiger partial charge in [0.05, 0.1) is 0 Å². The molecule has 3 rings (SSSR count). The Hall–Kier alpha value is -1.48. The van der Waals surface area contributed by atoms with Gasteiger partial charge >= 0.3 is 0 Å². The van der Waals surface area contributed by atoms with Gasteiger partial charge in [0.15, 0.2) is 12.7 Å². The monoisotopic (exact) mass is 288 g/mol. The Bertz CT molecular complexity index is 535. The van der Waals surface area contributed by atoms with Crippen molar-refractivity contribution in [2.24, 2.45) is 0 Å². The van der Waals surface area contributed by atoms with E-state index in [1.165, 1.54) is 16.8 Å². The average Bonchev–Trinajstić information content (AvgIpc) is 2.74. The summed E-state index contributed by atoms with van der Waals surface area (Å²) in [6.45, 7) is 1.09. The molecule has 2 nitrogen and oxygen atoms in total. The van der Waals surface area contributed by atoms with E-state index >= 15 is 0 Å². The molecule has 0 amide bonds. The van der Waals surface area contributed by atoms with E-state index in [1.54, 1.807) is 0 Å². The highest BCUT2D eigenvalue weighted by atomic mass is 79.9. The lowest BCUT2D eigenvalue weighted by Gasteiger charge is -1.94. The van der Waals surface area contributed by atoms with Crippen LogP contribution in [0.5, 0.6) is 0 Å². The number of fused-ring (bicyclic) bond motifs is 1. The van der Waals surface area contributed by atoms with Gasteiger partial charge in [-0.05, 0) is 29.8 Å². The zero-order chi connectivity index (χ0) is 10.8. The second kappa shape index (κ2) is 5.23. The van der Waals surface area contributed by atoms with Crippen molar-refractivity contribution in [1.29, 1.82) is 0 Å². The van der Waals surface area contributed by atoms with Crippen LogP contribution in [0.25, 0.3) is 11.6 Å². The quantitative estimate of drug-likeness (QED) is 0.636. The topological polar surface area (TPSA) is 16.8 Å². The zero-order valence-corrected chi connectivity index (χ0v) is 11.0. The van der Waals surface area contributed by atoms with Gasteiger partial charge in [-0.1, -0.05) is 0 Å². The number of halogens is 1. The van der Waals surface area contributed by atoms with E-state index in [-0.39, 0.29) is 17.0 Å². The molecular formula is C14H13BrN2. The zero-order valence-electron chi connectivity index (χ0n) is 9.38. The summed E-state index contributed by atoms with van der Waals surface area (Å²) in [5, 5.41) is 0. The third-order valence-corrected chi connectivity index (χ3v) is 2.94. The van der Waals surface area contributed by atoms with Crippen molar-refractivity contribution in [1.82, 2.24) is 4.98 Å². The fourth-order valence-corrected chi connectivity index (χ4v) is 2.14. The fourth-order valence-electron chi connectivity index (χ4n) is 2.14.